The van der Waals surface area contributed by atoms with Crippen LogP contribution in [-0.4, -0.2) is 12.1 Å². The molecule has 0 spiro atoms. The van der Waals surface area contributed by atoms with Gasteiger partial charge < -0.3 is 4.74 Å². The summed E-state index contributed by atoms with van der Waals surface area (Å²) in [5, 5.41) is 6.62. The number of carbonyl (C=O) groups is 1. The summed E-state index contributed by atoms with van der Waals surface area (Å²) >= 11 is 0. The number of nitrogens with one attached hydrogen (secondary N) is 1. The fourth-order valence-corrected chi connectivity index (χ4v) is 2.93. The first kappa shape index (κ1) is 15.9. The molecule has 3 rings (SSSR count). The second kappa shape index (κ2) is 7.53. The predicted molar refractivity (Wildman–Crippen MR) is 91.7 cm³/mol. The normalized spacial score (nSPS) is 15.8. The largest absolute Gasteiger partial charge is 0.444 e. The molecule has 1 aliphatic rings. The summed E-state index contributed by atoms with van der Waals surface area (Å²) in [7, 11) is 0. The molecule has 0 radical (unpaired) electrons. The highest BCUT2D eigenvalue weighted by molar-refractivity contribution is 5.86. The Morgan fingerprint density at radius 2 is 2.08 bits per heavy atom. The first-order chi connectivity index (χ1) is 11.8. The van der Waals surface area contributed by atoms with E-state index in [1.165, 1.54) is 5.56 Å². The number of carbonyl (C=O) groups excluding carboxylic acids is 1. The average Bonchev–Trinajstić information content (AvgIpc) is 2.62. The van der Waals surface area contributed by atoms with E-state index in [9.17, 15) is 4.79 Å². The maximum atomic E-state index is 12.1. The summed E-state index contributed by atoms with van der Waals surface area (Å²) in [4.78, 5) is 15.0. The van der Waals surface area contributed by atoms with Crippen molar-refractivity contribution >= 4 is 11.8 Å². The molecule has 0 heterocycles. The van der Waals surface area contributed by atoms with E-state index < -0.39 is 6.09 Å². The molecule has 0 saturated heterocycles. The predicted octanol–water partition coefficient (Wildman–Crippen LogP) is 4.60. The maximum Gasteiger partial charge on any atom is 0.411 e. The Bertz CT molecular complexity index is 770. The Kier molecular flexibility index (Phi) is 4.99. The molecule has 1 atom stereocenters. The van der Waals surface area contributed by atoms with E-state index in [2.05, 4.69) is 15.3 Å². The van der Waals surface area contributed by atoms with Gasteiger partial charge in [0.2, 0.25) is 0 Å². The van der Waals surface area contributed by atoms with Gasteiger partial charge in [0.1, 0.15) is 6.61 Å². The van der Waals surface area contributed by atoms with Crippen LogP contribution in [0.5, 0.6) is 0 Å². The molecule has 0 aliphatic heterocycles. The molecule has 1 amide bonds. The third kappa shape index (κ3) is 3.86. The standard InChI is InChI=1S/C18H18N4O2/c19-22-21-15-10-9-14-7-4-8-17(16(14)11-15)20-18(23)24-12-13-5-2-1-3-6-13/h1-8,15H,9-12H2,(H,20,23). The highest BCUT2D eigenvalue weighted by Gasteiger charge is 2.21. The molecule has 1 unspecified atom stereocenters. The van der Waals surface area contributed by atoms with Gasteiger partial charge in [0, 0.05) is 16.6 Å². The summed E-state index contributed by atoms with van der Waals surface area (Å²) in [6, 6.07) is 15.3. The van der Waals surface area contributed by atoms with Crippen LogP contribution in [0.15, 0.2) is 53.6 Å². The minimum absolute atomic E-state index is 0.0641. The number of aryl methyl sites for hydroxylation is 1. The SMILES string of the molecule is [N-]=[N+]=NC1CCc2cccc(NC(=O)OCc3ccccc3)c2C1. The summed E-state index contributed by atoms with van der Waals surface area (Å²) < 4.78 is 5.27. The third-order valence-electron chi connectivity index (χ3n) is 4.12. The van der Waals surface area contributed by atoms with Crippen molar-refractivity contribution in [2.45, 2.75) is 31.9 Å². The van der Waals surface area contributed by atoms with Crippen LogP contribution in [0, 0.1) is 0 Å². The van der Waals surface area contributed by atoms with Crippen LogP contribution in [0.1, 0.15) is 23.1 Å². The molecule has 0 saturated carbocycles. The van der Waals surface area contributed by atoms with Crippen molar-refractivity contribution in [3.05, 3.63) is 75.7 Å². The van der Waals surface area contributed by atoms with Crippen LogP contribution < -0.4 is 5.32 Å². The van der Waals surface area contributed by atoms with E-state index in [4.69, 9.17) is 10.3 Å². The van der Waals surface area contributed by atoms with Gasteiger partial charge in [0.25, 0.3) is 0 Å². The van der Waals surface area contributed by atoms with Crippen LogP contribution in [-0.2, 0) is 24.2 Å². The van der Waals surface area contributed by atoms with Gasteiger partial charge in [-0.2, -0.15) is 0 Å². The molecule has 24 heavy (non-hydrogen) atoms. The lowest BCUT2D eigenvalue weighted by molar-refractivity contribution is 0.155. The number of hydrogen-bond acceptors (Lipinski definition) is 3. The topological polar surface area (TPSA) is 87.1 Å². The Labute approximate surface area is 140 Å². The number of ether oxygens (including phenoxy) is 1. The summed E-state index contributed by atoms with van der Waals surface area (Å²) in [6.07, 6.45) is 1.82. The van der Waals surface area contributed by atoms with Crippen molar-refractivity contribution < 1.29 is 9.53 Å². The van der Waals surface area contributed by atoms with E-state index in [0.29, 0.717) is 6.42 Å². The van der Waals surface area contributed by atoms with Gasteiger partial charge in [-0.15, -0.1) is 0 Å². The van der Waals surface area contributed by atoms with Crippen molar-refractivity contribution in [1.82, 2.24) is 0 Å². The van der Waals surface area contributed by atoms with Crippen molar-refractivity contribution in [3.63, 3.8) is 0 Å². The van der Waals surface area contributed by atoms with Gasteiger partial charge in [-0.1, -0.05) is 47.6 Å². The van der Waals surface area contributed by atoms with Crippen molar-refractivity contribution in [1.29, 1.82) is 0 Å². The molecule has 2 aromatic carbocycles. The highest BCUT2D eigenvalue weighted by Crippen LogP contribution is 2.29. The van der Waals surface area contributed by atoms with Crippen LogP contribution in [0.2, 0.25) is 0 Å². The second-order valence-corrected chi connectivity index (χ2v) is 5.73. The quantitative estimate of drug-likeness (QED) is 0.506. The summed E-state index contributed by atoms with van der Waals surface area (Å²) in [5.41, 5.74) is 12.5. The van der Waals surface area contributed by atoms with Gasteiger partial charge in [0.15, 0.2) is 0 Å². The number of fused-ring (bicyclic) bond motifs is 1. The van der Waals surface area contributed by atoms with E-state index in [1.54, 1.807) is 0 Å². The molecule has 1 N–H and O–H groups in total. The summed E-state index contributed by atoms with van der Waals surface area (Å²) in [6.45, 7) is 0.225. The molecule has 0 aromatic heterocycles. The van der Waals surface area contributed by atoms with Crippen LogP contribution >= 0.6 is 0 Å². The molecular weight excluding hydrogens is 304 g/mol. The number of hydrogen-bond donors (Lipinski definition) is 1. The van der Waals surface area contributed by atoms with Crippen LogP contribution in [0.3, 0.4) is 0 Å². The first-order valence-corrected chi connectivity index (χ1v) is 7.89. The lowest BCUT2D eigenvalue weighted by Gasteiger charge is -2.23. The molecular formula is C18H18N4O2. The number of amides is 1. The van der Waals surface area contributed by atoms with E-state index in [0.717, 1.165) is 29.7 Å². The van der Waals surface area contributed by atoms with Crippen molar-refractivity contribution in [2.75, 3.05) is 5.32 Å². The summed E-state index contributed by atoms with van der Waals surface area (Å²) in [5.74, 6) is 0. The minimum atomic E-state index is -0.488. The molecule has 0 fully saturated rings. The lowest BCUT2D eigenvalue weighted by atomic mass is 9.87. The molecule has 6 heteroatoms. The van der Waals surface area contributed by atoms with Crippen molar-refractivity contribution in [2.24, 2.45) is 5.11 Å². The Morgan fingerprint density at radius 3 is 2.88 bits per heavy atom. The molecule has 6 nitrogen and oxygen atoms in total. The van der Waals surface area contributed by atoms with Gasteiger partial charge in [-0.25, -0.2) is 4.79 Å². The number of azide groups is 1. The van der Waals surface area contributed by atoms with E-state index >= 15 is 0 Å². The smallest absolute Gasteiger partial charge is 0.411 e. The fraction of sp³-hybridized carbons (Fsp3) is 0.278. The molecule has 2 aromatic rings. The Balaban J connectivity index is 1.67. The van der Waals surface area contributed by atoms with Crippen LogP contribution in [0.25, 0.3) is 10.4 Å². The van der Waals surface area contributed by atoms with E-state index in [1.807, 2.05) is 48.5 Å². The minimum Gasteiger partial charge on any atom is -0.444 e. The monoisotopic (exact) mass is 322 g/mol. The Morgan fingerprint density at radius 1 is 1.25 bits per heavy atom. The number of nitrogens with zero attached hydrogens (tertiary/aromatic N) is 3. The first-order valence-electron chi connectivity index (χ1n) is 7.89. The fourth-order valence-electron chi connectivity index (χ4n) is 2.93. The van der Waals surface area contributed by atoms with Crippen molar-refractivity contribution in [3.8, 4) is 0 Å². The Hall–Kier alpha value is -2.98. The second-order valence-electron chi connectivity index (χ2n) is 5.73. The van der Waals surface area contributed by atoms with Crippen LogP contribution in [0.4, 0.5) is 10.5 Å². The zero-order valence-electron chi connectivity index (χ0n) is 13.2. The number of anilines is 1. The molecule has 1 aliphatic carbocycles. The maximum absolute atomic E-state index is 12.1. The van der Waals surface area contributed by atoms with E-state index in [-0.39, 0.29) is 12.6 Å². The number of rotatable bonds is 4. The van der Waals surface area contributed by atoms with Gasteiger partial charge in [-0.3, -0.25) is 5.32 Å². The zero-order valence-corrected chi connectivity index (χ0v) is 13.2. The van der Waals surface area contributed by atoms with Gasteiger partial charge in [-0.05, 0) is 47.6 Å². The third-order valence-corrected chi connectivity index (χ3v) is 4.12. The van der Waals surface area contributed by atoms with Gasteiger partial charge >= 0.3 is 6.09 Å². The highest BCUT2D eigenvalue weighted by atomic mass is 16.5. The lowest BCUT2D eigenvalue weighted by Crippen LogP contribution is -2.21. The number of benzene rings is 2. The molecule has 122 valence electrons. The van der Waals surface area contributed by atoms with Gasteiger partial charge in [0.05, 0.1) is 0 Å². The molecule has 0 bridgehead atoms. The zero-order chi connectivity index (χ0) is 16.8. The average molecular weight is 322 g/mol.